The second-order valence-electron chi connectivity index (χ2n) is 9.76. The SMILES string of the molecule is CCOC(=O)[C@H]1CCCN(CCc2csc(NC(=O)Nc3ccc(C)cc3C(=O)C3CCCC3)n2)C1. The van der Waals surface area contributed by atoms with Crippen molar-refractivity contribution in [2.45, 2.75) is 58.8 Å². The maximum Gasteiger partial charge on any atom is 0.325 e. The van der Waals surface area contributed by atoms with Crippen molar-refractivity contribution in [3.05, 3.63) is 40.4 Å². The van der Waals surface area contributed by atoms with Crippen LogP contribution in [0.1, 0.15) is 67.1 Å². The molecule has 2 heterocycles. The molecule has 2 N–H and O–H groups in total. The molecule has 2 aliphatic rings. The number of rotatable bonds is 9. The molecule has 194 valence electrons. The number of likely N-dealkylation sites (tertiary alicyclic amines) is 1. The van der Waals surface area contributed by atoms with Gasteiger partial charge in [0.2, 0.25) is 0 Å². The van der Waals surface area contributed by atoms with Gasteiger partial charge in [0, 0.05) is 36.4 Å². The molecule has 1 atom stereocenters. The summed E-state index contributed by atoms with van der Waals surface area (Å²) in [7, 11) is 0. The van der Waals surface area contributed by atoms with Crippen molar-refractivity contribution in [1.29, 1.82) is 0 Å². The van der Waals surface area contributed by atoms with Crippen LogP contribution in [-0.2, 0) is 16.0 Å². The Bertz CT molecular complexity index is 1080. The monoisotopic (exact) mass is 512 g/mol. The zero-order chi connectivity index (χ0) is 25.5. The maximum absolute atomic E-state index is 13.0. The molecular formula is C27H36N4O4S. The third kappa shape index (κ3) is 6.91. The molecule has 1 aliphatic carbocycles. The van der Waals surface area contributed by atoms with Crippen LogP contribution in [0.5, 0.6) is 0 Å². The van der Waals surface area contributed by atoms with Crippen molar-refractivity contribution in [2.24, 2.45) is 11.8 Å². The largest absolute Gasteiger partial charge is 0.466 e. The normalized spacial score (nSPS) is 18.7. The van der Waals surface area contributed by atoms with Crippen molar-refractivity contribution in [3.63, 3.8) is 0 Å². The van der Waals surface area contributed by atoms with Gasteiger partial charge in [-0.2, -0.15) is 0 Å². The number of Topliss-reactive ketones (excluding diaryl/α,β-unsaturated/α-hetero) is 1. The van der Waals surface area contributed by atoms with Gasteiger partial charge in [0.1, 0.15) is 0 Å². The molecule has 1 aromatic carbocycles. The number of hydrogen-bond donors (Lipinski definition) is 2. The summed E-state index contributed by atoms with van der Waals surface area (Å²) in [4.78, 5) is 44.7. The Labute approximate surface area is 216 Å². The van der Waals surface area contributed by atoms with Crippen molar-refractivity contribution in [3.8, 4) is 0 Å². The van der Waals surface area contributed by atoms with Crippen LogP contribution in [0.4, 0.5) is 15.6 Å². The average molecular weight is 513 g/mol. The molecule has 2 aromatic rings. The van der Waals surface area contributed by atoms with Crippen molar-refractivity contribution in [1.82, 2.24) is 9.88 Å². The fraction of sp³-hybridized carbons (Fsp3) is 0.556. The number of urea groups is 1. The van der Waals surface area contributed by atoms with Gasteiger partial charge in [-0.15, -0.1) is 11.3 Å². The highest BCUT2D eigenvalue weighted by atomic mass is 32.1. The molecule has 1 aromatic heterocycles. The van der Waals surface area contributed by atoms with Crippen LogP contribution in [0.2, 0.25) is 0 Å². The number of piperidine rings is 1. The lowest BCUT2D eigenvalue weighted by Crippen LogP contribution is -2.40. The van der Waals surface area contributed by atoms with Crippen LogP contribution in [0.15, 0.2) is 23.6 Å². The summed E-state index contributed by atoms with van der Waals surface area (Å²) < 4.78 is 5.19. The number of hydrogen-bond acceptors (Lipinski definition) is 7. The van der Waals surface area contributed by atoms with Gasteiger partial charge in [-0.3, -0.25) is 14.9 Å². The molecule has 1 saturated carbocycles. The van der Waals surface area contributed by atoms with E-state index >= 15 is 0 Å². The fourth-order valence-electron chi connectivity index (χ4n) is 5.09. The van der Waals surface area contributed by atoms with Crippen LogP contribution < -0.4 is 10.6 Å². The van der Waals surface area contributed by atoms with Crippen molar-refractivity contribution in [2.75, 3.05) is 36.9 Å². The van der Waals surface area contributed by atoms with E-state index in [1.165, 1.54) is 11.3 Å². The highest BCUT2D eigenvalue weighted by molar-refractivity contribution is 7.13. The van der Waals surface area contributed by atoms with E-state index in [-0.39, 0.29) is 23.6 Å². The summed E-state index contributed by atoms with van der Waals surface area (Å²) in [6, 6.07) is 5.15. The number of carbonyl (C=O) groups is 3. The van der Waals surface area contributed by atoms with Crippen LogP contribution in [0, 0.1) is 18.8 Å². The molecule has 8 nitrogen and oxygen atoms in total. The molecule has 0 unspecified atom stereocenters. The van der Waals surface area contributed by atoms with Crippen LogP contribution >= 0.6 is 11.3 Å². The topological polar surface area (TPSA) is 101 Å². The second kappa shape index (κ2) is 12.5. The molecule has 2 fully saturated rings. The summed E-state index contributed by atoms with van der Waals surface area (Å²) in [6.07, 6.45) is 6.61. The summed E-state index contributed by atoms with van der Waals surface area (Å²) in [5.74, 6) is 0.00709. The lowest BCUT2D eigenvalue weighted by atomic mass is 9.94. The summed E-state index contributed by atoms with van der Waals surface area (Å²) in [6.45, 7) is 6.69. The number of ketones is 1. The highest BCUT2D eigenvalue weighted by Crippen LogP contribution is 2.31. The Morgan fingerprint density at radius 1 is 1.11 bits per heavy atom. The van der Waals surface area contributed by atoms with Crippen LogP contribution in [0.3, 0.4) is 0 Å². The Kier molecular flexibility index (Phi) is 9.09. The zero-order valence-corrected chi connectivity index (χ0v) is 22.0. The Balaban J connectivity index is 1.30. The number of aromatic nitrogens is 1. The van der Waals surface area contributed by atoms with E-state index in [0.29, 0.717) is 23.0 Å². The first-order chi connectivity index (χ1) is 17.4. The Morgan fingerprint density at radius 2 is 1.89 bits per heavy atom. The summed E-state index contributed by atoms with van der Waals surface area (Å²) in [5, 5.41) is 8.12. The van der Waals surface area contributed by atoms with Gasteiger partial charge in [-0.1, -0.05) is 24.5 Å². The van der Waals surface area contributed by atoms with Gasteiger partial charge in [-0.05, 0) is 58.2 Å². The van der Waals surface area contributed by atoms with Crippen LogP contribution in [0.25, 0.3) is 0 Å². The first kappa shape index (κ1) is 26.3. The molecule has 0 bridgehead atoms. The molecule has 0 spiro atoms. The van der Waals surface area contributed by atoms with Crippen molar-refractivity contribution < 1.29 is 19.1 Å². The zero-order valence-electron chi connectivity index (χ0n) is 21.2. The number of anilines is 2. The molecule has 36 heavy (non-hydrogen) atoms. The number of nitrogens with one attached hydrogen (secondary N) is 2. The minimum Gasteiger partial charge on any atom is -0.466 e. The van der Waals surface area contributed by atoms with Gasteiger partial charge in [0.05, 0.1) is 23.9 Å². The molecule has 1 aliphatic heterocycles. The number of carbonyl (C=O) groups excluding carboxylic acids is 3. The number of benzene rings is 1. The van der Waals surface area contributed by atoms with Gasteiger partial charge < -0.3 is 15.0 Å². The Morgan fingerprint density at radius 3 is 2.67 bits per heavy atom. The Hall–Kier alpha value is -2.78. The fourth-order valence-corrected chi connectivity index (χ4v) is 5.83. The van der Waals surface area contributed by atoms with E-state index in [1.807, 2.05) is 31.4 Å². The second-order valence-corrected chi connectivity index (χ2v) is 10.6. The van der Waals surface area contributed by atoms with Gasteiger partial charge in [-0.25, -0.2) is 9.78 Å². The minimum atomic E-state index is -0.409. The molecule has 1 saturated heterocycles. The average Bonchev–Trinajstić information content (AvgIpc) is 3.56. The van der Waals surface area contributed by atoms with E-state index in [2.05, 4.69) is 20.5 Å². The molecule has 9 heteroatoms. The first-order valence-corrected chi connectivity index (χ1v) is 13.9. The smallest absolute Gasteiger partial charge is 0.325 e. The number of esters is 1. The van der Waals surface area contributed by atoms with Crippen molar-refractivity contribution >= 4 is 39.9 Å². The minimum absolute atomic E-state index is 0.0457. The highest BCUT2D eigenvalue weighted by Gasteiger charge is 2.27. The van der Waals surface area contributed by atoms with E-state index in [0.717, 1.165) is 75.8 Å². The van der Waals surface area contributed by atoms with Gasteiger partial charge in [0.25, 0.3) is 0 Å². The van der Waals surface area contributed by atoms with E-state index in [9.17, 15) is 14.4 Å². The molecule has 0 radical (unpaired) electrons. The summed E-state index contributed by atoms with van der Waals surface area (Å²) >= 11 is 1.38. The lowest BCUT2D eigenvalue weighted by Gasteiger charge is -2.31. The van der Waals surface area contributed by atoms with E-state index in [1.54, 1.807) is 6.07 Å². The summed E-state index contributed by atoms with van der Waals surface area (Å²) in [5.41, 5.74) is 3.02. The number of thiazole rings is 1. The quantitative estimate of drug-likeness (QED) is 0.350. The number of ether oxygens (including phenoxy) is 1. The number of aryl methyl sites for hydroxylation is 1. The standard InChI is InChI=1S/C27H36N4O4S/c1-3-35-25(33)20-9-6-13-31(16-20)14-12-21-17-36-27(28-21)30-26(34)29-23-11-10-18(2)15-22(23)24(32)19-7-4-5-8-19/h10-11,15,17,19-20H,3-9,12-14,16H2,1-2H3,(H2,28,29,30,34)/t20-/m0/s1. The molecule has 2 amide bonds. The first-order valence-electron chi connectivity index (χ1n) is 13.0. The molecular weight excluding hydrogens is 476 g/mol. The van der Waals surface area contributed by atoms with Gasteiger partial charge in [0.15, 0.2) is 10.9 Å². The van der Waals surface area contributed by atoms with E-state index < -0.39 is 6.03 Å². The van der Waals surface area contributed by atoms with E-state index in [4.69, 9.17) is 4.74 Å². The maximum atomic E-state index is 13.0. The number of amides is 2. The molecule has 4 rings (SSSR count). The third-order valence-electron chi connectivity index (χ3n) is 7.00. The lowest BCUT2D eigenvalue weighted by molar-refractivity contribution is -0.149. The predicted octanol–water partition coefficient (Wildman–Crippen LogP) is 5.29. The number of nitrogens with zero attached hydrogens (tertiary/aromatic N) is 2. The van der Waals surface area contributed by atoms with Crippen LogP contribution in [-0.4, -0.2) is 53.9 Å². The van der Waals surface area contributed by atoms with Gasteiger partial charge >= 0.3 is 12.0 Å². The third-order valence-corrected chi connectivity index (χ3v) is 7.80. The predicted molar refractivity (Wildman–Crippen MR) is 142 cm³/mol.